The highest BCUT2D eigenvalue weighted by molar-refractivity contribution is 6.30. The molecule has 0 saturated carbocycles. The average molecular weight is 420 g/mol. The second-order valence-electron chi connectivity index (χ2n) is 7.26. The Morgan fingerprint density at radius 2 is 2.07 bits per heavy atom. The van der Waals surface area contributed by atoms with Gasteiger partial charge < -0.3 is 14.1 Å². The van der Waals surface area contributed by atoms with Gasteiger partial charge in [-0.05, 0) is 30.2 Å². The predicted molar refractivity (Wildman–Crippen MR) is 117 cm³/mol. The first-order valence-electron chi connectivity index (χ1n) is 10.0. The van der Waals surface area contributed by atoms with Gasteiger partial charge in [-0.25, -0.2) is 4.98 Å². The minimum Gasteiger partial charge on any atom is -0.463 e. The van der Waals surface area contributed by atoms with Crippen molar-refractivity contribution in [2.75, 3.05) is 0 Å². The standard InChI is InChI=1S/C24H22ClN3O2/c1-2-3-8-22-27-24(25)21(14-29)28(22)13-16-9-10-20-18(11-16)15-30-23(20)19-7-5-4-6-17(19)12-26/h4-7,9-11,15,29H,2-3,8,13-14H2,1H3. The summed E-state index contributed by atoms with van der Waals surface area (Å²) in [6.45, 7) is 2.55. The van der Waals surface area contributed by atoms with Gasteiger partial charge in [-0.15, -0.1) is 0 Å². The quantitative estimate of drug-likeness (QED) is 0.416. The molecule has 30 heavy (non-hydrogen) atoms. The number of hydrogen-bond donors (Lipinski definition) is 1. The molecule has 0 saturated heterocycles. The normalized spacial score (nSPS) is 11.1. The van der Waals surface area contributed by atoms with Gasteiger partial charge in [0.25, 0.3) is 0 Å². The lowest BCUT2D eigenvalue weighted by atomic mass is 10.0. The minimum absolute atomic E-state index is 0.152. The van der Waals surface area contributed by atoms with Crippen molar-refractivity contribution >= 4 is 22.4 Å². The molecule has 6 heteroatoms. The number of fused-ring (bicyclic) bond motifs is 1. The van der Waals surface area contributed by atoms with Crippen LogP contribution in [0.2, 0.25) is 5.15 Å². The summed E-state index contributed by atoms with van der Waals surface area (Å²) in [5.74, 6) is 1.58. The molecule has 0 atom stereocenters. The highest BCUT2D eigenvalue weighted by Crippen LogP contribution is 2.33. The fourth-order valence-electron chi connectivity index (χ4n) is 3.74. The van der Waals surface area contributed by atoms with Crippen molar-refractivity contribution in [3.8, 4) is 17.4 Å². The van der Waals surface area contributed by atoms with Crippen molar-refractivity contribution in [2.24, 2.45) is 0 Å². The summed E-state index contributed by atoms with van der Waals surface area (Å²) >= 11 is 6.26. The molecule has 0 spiro atoms. The van der Waals surface area contributed by atoms with Crippen LogP contribution in [0.5, 0.6) is 0 Å². The van der Waals surface area contributed by atoms with Crippen LogP contribution >= 0.6 is 11.6 Å². The van der Waals surface area contributed by atoms with E-state index in [2.05, 4.69) is 24.0 Å². The molecule has 2 aromatic heterocycles. The van der Waals surface area contributed by atoms with Crippen molar-refractivity contribution in [1.29, 1.82) is 5.26 Å². The van der Waals surface area contributed by atoms with E-state index >= 15 is 0 Å². The van der Waals surface area contributed by atoms with E-state index < -0.39 is 0 Å². The molecule has 0 amide bonds. The molecule has 0 aliphatic heterocycles. The summed E-state index contributed by atoms with van der Waals surface area (Å²) in [5, 5.41) is 21.5. The number of aliphatic hydroxyl groups is 1. The highest BCUT2D eigenvalue weighted by atomic mass is 35.5. The molecule has 5 nitrogen and oxygen atoms in total. The number of imidazole rings is 1. The Balaban J connectivity index is 1.71. The van der Waals surface area contributed by atoms with Gasteiger partial charge in [0.05, 0.1) is 30.2 Å². The van der Waals surface area contributed by atoms with E-state index in [1.165, 1.54) is 0 Å². The number of nitriles is 1. The molecule has 2 aromatic carbocycles. The van der Waals surface area contributed by atoms with Crippen LogP contribution < -0.4 is 0 Å². The fourth-order valence-corrected chi connectivity index (χ4v) is 4.00. The number of halogens is 1. The van der Waals surface area contributed by atoms with Gasteiger partial charge in [-0.2, -0.15) is 5.26 Å². The number of unbranched alkanes of at least 4 members (excludes halogenated alkanes) is 1. The maximum absolute atomic E-state index is 9.78. The van der Waals surface area contributed by atoms with Gasteiger partial charge >= 0.3 is 0 Å². The van der Waals surface area contributed by atoms with Crippen LogP contribution in [-0.4, -0.2) is 14.7 Å². The molecule has 0 unspecified atom stereocenters. The summed E-state index contributed by atoms with van der Waals surface area (Å²) in [6, 6.07) is 15.8. The lowest BCUT2D eigenvalue weighted by Gasteiger charge is -2.11. The van der Waals surface area contributed by atoms with Crippen LogP contribution in [0.25, 0.3) is 22.1 Å². The first-order chi connectivity index (χ1) is 14.7. The van der Waals surface area contributed by atoms with Crippen LogP contribution in [0.15, 0.2) is 53.1 Å². The van der Waals surface area contributed by atoms with Gasteiger partial charge in [0, 0.05) is 29.3 Å². The molecule has 4 rings (SSSR count). The molecule has 1 N–H and O–H groups in total. The molecule has 0 aliphatic carbocycles. The predicted octanol–water partition coefficient (Wildman–Crippen LogP) is 5.70. The Bertz CT molecular complexity index is 1230. The van der Waals surface area contributed by atoms with Crippen LogP contribution in [0.3, 0.4) is 0 Å². The smallest absolute Gasteiger partial charge is 0.152 e. The Hall–Kier alpha value is -3.07. The van der Waals surface area contributed by atoms with Gasteiger partial charge in [-0.1, -0.05) is 49.2 Å². The van der Waals surface area contributed by atoms with E-state index in [4.69, 9.17) is 16.0 Å². The Kier molecular flexibility index (Phi) is 5.89. The van der Waals surface area contributed by atoms with Crippen LogP contribution in [0, 0.1) is 11.3 Å². The Morgan fingerprint density at radius 1 is 1.23 bits per heavy atom. The third-order valence-corrected chi connectivity index (χ3v) is 5.61. The minimum atomic E-state index is -0.152. The first kappa shape index (κ1) is 20.2. The Labute approximate surface area is 180 Å². The van der Waals surface area contributed by atoms with Gasteiger partial charge in [0.1, 0.15) is 11.6 Å². The molecular formula is C24H22ClN3O2. The van der Waals surface area contributed by atoms with E-state index in [0.717, 1.165) is 47.0 Å². The molecule has 0 radical (unpaired) electrons. The molecular weight excluding hydrogens is 398 g/mol. The van der Waals surface area contributed by atoms with E-state index in [9.17, 15) is 10.4 Å². The zero-order chi connectivity index (χ0) is 21.1. The number of benzene rings is 2. The van der Waals surface area contributed by atoms with E-state index in [-0.39, 0.29) is 6.61 Å². The molecule has 0 fully saturated rings. The van der Waals surface area contributed by atoms with Crippen LogP contribution in [0.4, 0.5) is 0 Å². The largest absolute Gasteiger partial charge is 0.463 e. The second kappa shape index (κ2) is 8.74. The SMILES string of the molecule is CCCCc1nc(Cl)c(CO)n1Cc1ccc2c(-c3ccccc3C#N)occ2c1. The summed E-state index contributed by atoms with van der Waals surface area (Å²) < 4.78 is 7.85. The molecule has 152 valence electrons. The zero-order valence-electron chi connectivity index (χ0n) is 16.7. The monoisotopic (exact) mass is 419 g/mol. The first-order valence-corrected chi connectivity index (χ1v) is 10.4. The van der Waals surface area contributed by atoms with Crippen molar-refractivity contribution in [1.82, 2.24) is 9.55 Å². The number of furan rings is 1. The van der Waals surface area contributed by atoms with Crippen molar-refractivity contribution in [2.45, 2.75) is 39.3 Å². The van der Waals surface area contributed by atoms with Crippen molar-refractivity contribution < 1.29 is 9.52 Å². The van der Waals surface area contributed by atoms with Crippen molar-refractivity contribution in [3.05, 3.63) is 76.5 Å². The zero-order valence-corrected chi connectivity index (χ0v) is 17.5. The van der Waals surface area contributed by atoms with Gasteiger partial charge in [0.2, 0.25) is 0 Å². The summed E-state index contributed by atoms with van der Waals surface area (Å²) in [6.07, 6.45) is 4.61. The average Bonchev–Trinajstić information content (AvgIpc) is 3.32. The summed E-state index contributed by atoms with van der Waals surface area (Å²) in [5.41, 5.74) is 3.07. The van der Waals surface area contributed by atoms with E-state index in [1.54, 1.807) is 12.3 Å². The van der Waals surface area contributed by atoms with Gasteiger partial charge in [0.15, 0.2) is 5.15 Å². The summed E-state index contributed by atoms with van der Waals surface area (Å²) in [4.78, 5) is 4.46. The second-order valence-corrected chi connectivity index (χ2v) is 7.62. The topological polar surface area (TPSA) is 75.0 Å². The van der Waals surface area contributed by atoms with Gasteiger partial charge in [-0.3, -0.25) is 0 Å². The van der Waals surface area contributed by atoms with E-state index in [0.29, 0.717) is 28.7 Å². The Morgan fingerprint density at radius 3 is 2.83 bits per heavy atom. The number of aryl methyl sites for hydroxylation is 1. The number of rotatable bonds is 7. The van der Waals surface area contributed by atoms with Crippen molar-refractivity contribution in [3.63, 3.8) is 0 Å². The maximum Gasteiger partial charge on any atom is 0.152 e. The molecule has 0 aliphatic rings. The lowest BCUT2D eigenvalue weighted by Crippen LogP contribution is -2.09. The van der Waals surface area contributed by atoms with E-state index in [1.807, 2.05) is 34.9 Å². The number of aliphatic hydroxyl groups excluding tert-OH is 1. The molecule has 0 bridgehead atoms. The molecule has 4 aromatic rings. The highest BCUT2D eigenvalue weighted by Gasteiger charge is 2.17. The van der Waals surface area contributed by atoms with Crippen LogP contribution in [-0.2, 0) is 19.6 Å². The van der Waals surface area contributed by atoms with Crippen LogP contribution in [0.1, 0.15) is 42.4 Å². The third kappa shape index (κ3) is 3.72. The summed E-state index contributed by atoms with van der Waals surface area (Å²) in [7, 11) is 0. The molecule has 2 heterocycles. The number of nitrogens with zero attached hydrogens (tertiary/aromatic N) is 3. The number of aromatic nitrogens is 2. The maximum atomic E-state index is 9.78. The number of hydrogen-bond acceptors (Lipinski definition) is 4. The lowest BCUT2D eigenvalue weighted by molar-refractivity contribution is 0.271. The fraction of sp³-hybridized carbons (Fsp3) is 0.250. The third-order valence-electron chi connectivity index (χ3n) is 5.30.